The van der Waals surface area contributed by atoms with Gasteiger partial charge in [-0.05, 0) is 69.1 Å². The molecule has 0 rings (SSSR count). The van der Waals surface area contributed by atoms with Crippen molar-refractivity contribution in [1.82, 2.24) is 0 Å². The van der Waals surface area contributed by atoms with Crippen LogP contribution >= 0.6 is 15.6 Å². The van der Waals surface area contributed by atoms with Crippen LogP contribution in [0.3, 0.4) is 0 Å². The number of allylic oxidation sites excluding steroid dienone is 4. The second kappa shape index (κ2) is 60.5. The number of unbranched alkanes of at least 4 members (excludes halogenated alkanes) is 28. The zero-order valence-electron chi connectivity index (χ0n) is 57.4. The van der Waals surface area contributed by atoms with Crippen molar-refractivity contribution in [3.05, 3.63) is 24.3 Å². The van der Waals surface area contributed by atoms with Gasteiger partial charge in [-0.25, -0.2) is 9.13 Å². The fourth-order valence-corrected chi connectivity index (χ4v) is 11.5. The zero-order valence-corrected chi connectivity index (χ0v) is 59.2. The first kappa shape index (κ1) is 86.5. The second-order valence-electron chi connectivity index (χ2n) is 25.3. The second-order valence-corrected chi connectivity index (χ2v) is 28.2. The molecule has 0 aromatic carbocycles. The van der Waals surface area contributed by atoms with Gasteiger partial charge in [0, 0.05) is 25.7 Å². The number of esters is 4. The third-order valence-electron chi connectivity index (χ3n) is 16.6. The molecule has 0 aliphatic rings. The predicted molar refractivity (Wildman–Crippen MR) is 358 cm³/mol. The highest BCUT2D eigenvalue weighted by Gasteiger charge is 2.30. The molecule has 3 N–H and O–H groups in total. The van der Waals surface area contributed by atoms with Gasteiger partial charge in [0.2, 0.25) is 0 Å². The number of carbonyl (C=O) groups excluding carboxylic acids is 4. The molecule has 0 aliphatic carbocycles. The van der Waals surface area contributed by atoms with Gasteiger partial charge in [-0.3, -0.25) is 37.3 Å². The quantitative estimate of drug-likeness (QED) is 0.0169. The first-order valence-electron chi connectivity index (χ1n) is 35.8. The Kier molecular flexibility index (Phi) is 58.8. The van der Waals surface area contributed by atoms with Gasteiger partial charge in [-0.2, -0.15) is 0 Å². The van der Waals surface area contributed by atoms with Crippen molar-refractivity contribution in [1.29, 1.82) is 0 Å². The molecular weight excluding hydrogens is 1170 g/mol. The number of phosphoric acid groups is 2. The third kappa shape index (κ3) is 60.3. The van der Waals surface area contributed by atoms with Gasteiger partial charge in [0.15, 0.2) is 12.2 Å². The van der Waals surface area contributed by atoms with Crippen LogP contribution in [0.2, 0.25) is 0 Å². The number of aliphatic hydroxyl groups excluding tert-OH is 1. The molecule has 19 heteroatoms. The summed E-state index contributed by atoms with van der Waals surface area (Å²) in [6, 6.07) is 0. The summed E-state index contributed by atoms with van der Waals surface area (Å²) in [5, 5.41) is 10.6. The monoisotopic (exact) mass is 1310 g/mol. The Bertz CT molecular complexity index is 1850. The minimum atomic E-state index is -4.96. The maximum Gasteiger partial charge on any atom is 0.472 e. The number of aliphatic hydroxyl groups is 1. The van der Waals surface area contributed by atoms with Crippen molar-refractivity contribution < 1.29 is 80.2 Å². The van der Waals surface area contributed by atoms with E-state index in [0.717, 1.165) is 133 Å². The first-order valence-corrected chi connectivity index (χ1v) is 38.8. The predicted octanol–water partition coefficient (Wildman–Crippen LogP) is 19.4. The van der Waals surface area contributed by atoms with E-state index in [9.17, 15) is 43.2 Å². The van der Waals surface area contributed by atoms with Crippen molar-refractivity contribution >= 4 is 39.5 Å². The molecule has 0 bridgehead atoms. The summed E-state index contributed by atoms with van der Waals surface area (Å²) in [6.07, 6.45) is 46.6. The molecule has 0 spiro atoms. The lowest BCUT2D eigenvalue weighted by atomic mass is 9.99. The van der Waals surface area contributed by atoms with Crippen LogP contribution in [0.5, 0.6) is 0 Å². The van der Waals surface area contributed by atoms with E-state index in [1.54, 1.807) is 0 Å². The van der Waals surface area contributed by atoms with Gasteiger partial charge in [-0.1, -0.05) is 272 Å². The Balaban J connectivity index is 5.30. The molecule has 0 saturated heterocycles. The molecule has 0 amide bonds. The van der Waals surface area contributed by atoms with E-state index in [-0.39, 0.29) is 25.7 Å². The van der Waals surface area contributed by atoms with Gasteiger partial charge in [0.25, 0.3) is 0 Å². The summed E-state index contributed by atoms with van der Waals surface area (Å²) in [5.74, 6) is 0.103. The number of hydrogen-bond acceptors (Lipinski definition) is 15. The topological polar surface area (TPSA) is 237 Å². The molecular formula is C70H132O17P2. The highest BCUT2D eigenvalue weighted by atomic mass is 31.2. The number of phosphoric ester groups is 2. The Labute approximate surface area is 542 Å². The number of ether oxygens (including phenoxy) is 4. The van der Waals surface area contributed by atoms with Crippen LogP contribution in [0, 0.1) is 17.8 Å². The van der Waals surface area contributed by atoms with E-state index in [1.807, 2.05) is 0 Å². The van der Waals surface area contributed by atoms with E-state index in [1.165, 1.54) is 109 Å². The largest absolute Gasteiger partial charge is 0.472 e. The fourth-order valence-electron chi connectivity index (χ4n) is 9.90. The molecule has 0 aliphatic heterocycles. The maximum atomic E-state index is 13.0. The highest BCUT2D eigenvalue weighted by Crippen LogP contribution is 2.45. The summed E-state index contributed by atoms with van der Waals surface area (Å²) in [4.78, 5) is 72.5. The first-order chi connectivity index (χ1) is 42.8. The molecule has 5 unspecified atom stereocenters. The molecule has 8 atom stereocenters. The zero-order chi connectivity index (χ0) is 65.9. The molecule has 0 fully saturated rings. The maximum absolute atomic E-state index is 13.0. The Morgan fingerprint density at radius 3 is 0.944 bits per heavy atom. The minimum absolute atomic E-state index is 0.0975. The summed E-state index contributed by atoms with van der Waals surface area (Å²) in [6.45, 7) is 11.7. The van der Waals surface area contributed by atoms with Crippen molar-refractivity contribution in [2.45, 2.75) is 343 Å². The summed E-state index contributed by atoms with van der Waals surface area (Å²) in [5.41, 5.74) is 0. The lowest BCUT2D eigenvalue weighted by molar-refractivity contribution is -0.161. The molecule has 17 nitrogen and oxygen atoms in total. The van der Waals surface area contributed by atoms with E-state index in [2.05, 4.69) is 72.8 Å². The fraction of sp³-hybridized carbons (Fsp3) is 0.886. The van der Waals surface area contributed by atoms with Crippen molar-refractivity contribution in [3.63, 3.8) is 0 Å². The highest BCUT2D eigenvalue weighted by molar-refractivity contribution is 7.47. The Hall–Kier alpha value is -2.46. The molecule has 89 heavy (non-hydrogen) atoms. The number of hydrogen-bond donors (Lipinski definition) is 3. The van der Waals surface area contributed by atoms with Gasteiger partial charge in [0.05, 0.1) is 26.4 Å². The molecule has 0 aromatic heterocycles. The van der Waals surface area contributed by atoms with E-state index < -0.39 is 97.5 Å². The van der Waals surface area contributed by atoms with Crippen molar-refractivity contribution in [2.24, 2.45) is 17.8 Å². The number of carbonyl (C=O) groups is 4. The molecule has 524 valence electrons. The third-order valence-corrected chi connectivity index (χ3v) is 18.5. The standard InChI is InChI=1S/C70H132O17P2/c1-8-12-13-14-15-16-17-18-19-20-21-22-29-37-44-51-67(72)80-57-65(86-69(74)53-46-39-30-25-23-27-34-41-48-61(5)9-2)59-84-88(76,77)82-55-64(71)56-83-89(78,79)85-60-66(58-81-68(73)52-45-38-33-32-36-43-50-63(7)11-4)87-70(75)54-47-40-31-26-24-28-35-42-49-62(6)10-3/h16-19,61-66,71H,8-15,20-60H2,1-7H3,(H,76,77)(H,78,79)/b17-16-,19-18-/t61?,62?,63?,64-,65-,66-/m1/s1. The van der Waals surface area contributed by atoms with Crippen molar-refractivity contribution in [3.8, 4) is 0 Å². The average molecular weight is 1310 g/mol. The SMILES string of the molecule is CCCCCC/C=C\C=C/CCCCCCCC(=O)OC[C@H](COP(=O)(O)OC[C@@H](O)COP(=O)(O)OC[C@@H](COC(=O)CCCCCCCCC(C)CC)OC(=O)CCCCCCCCCCC(C)CC)OC(=O)CCCCCCCCCCC(C)CC. The van der Waals surface area contributed by atoms with E-state index >= 15 is 0 Å². The summed E-state index contributed by atoms with van der Waals surface area (Å²) in [7, 11) is -9.91. The van der Waals surface area contributed by atoms with Crippen LogP contribution in [-0.4, -0.2) is 96.7 Å². The van der Waals surface area contributed by atoms with Gasteiger partial charge in [0.1, 0.15) is 19.3 Å². The van der Waals surface area contributed by atoms with Crippen LogP contribution in [0.15, 0.2) is 24.3 Å². The molecule has 0 radical (unpaired) electrons. The smallest absolute Gasteiger partial charge is 0.462 e. The van der Waals surface area contributed by atoms with Gasteiger partial charge >= 0.3 is 39.5 Å². The Morgan fingerprint density at radius 2 is 0.629 bits per heavy atom. The van der Waals surface area contributed by atoms with Gasteiger partial charge in [-0.15, -0.1) is 0 Å². The molecule has 0 aromatic rings. The van der Waals surface area contributed by atoms with E-state index in [4.69, 9.17) is 37.0 Å². The lowest BCUT2D eigenvalue weighted by Gasteiger charge is -2.21. The lowest BCUT2D eigenvalue weighted by Crippen LogP contribution is -2.30. The normalized spacial score (nSPS) is 15.3. The summed E-state index contributed by atoms with van der Waals surface area (Å²) < 4.78 is 68.2. The minimum Gasteiger partial charge on any atom is -0.462 e. The van der Waals surface area contributed by atoms with Gasteiger partial charge < -0.3 is 33.8 Å². The van der Waals surface area contributed by atoms with Crippen LogP contribution < -0.4 is 0 Å². The van der Waals surface area contributed by atoms with Crippen LogP contribution in [0.25, 0.3) is 0 Å². The van der Waals surface area contributed by atoms with Crippen LogP contribution in [0.1, 0.15) is 325 Å². The van der Waals surface area contributed by atoms with Crippen LogP contribution in [0.4, 0.5) is 0 Å². The average Bonchev–Trinajstić information content (AvgIpc) is 3.71. The number of rotatable bonds is 66. The molecule has 0 heterocycles. The van der Waals surface area contributed by atoms with Crippen molar-refractivity contribution in [2.75, 3.05) is 39.6 Å². The Morgan fingerprint density at radius 1 is 0.360 bits per heavy atom. The van der Waals surface area contributed by atoms with E-state index in [0.29, 0.717) is 25.7 Å². The van der Waals surface area contributed by atoms with Crippen LogP contribution in [-0.2, 0) is 65.4 Å². The molecule has 0 saturated carbocycles. The summed E-state index contributed by atoms with van der Waals surface area (Å²) >= 11 is 0.